The van der Waals surface area contributed by atoms with E-state index in [4.69, 9.17) is 5.11 Å². The molecule has 0 saturated heterocycles. The highest BCUT2D eigenvalue weighted by molar-refractivity contribution is 5.38. The van der Waals surface area contributed by atoms with Gasteiger partial charge in [0.1, 0.15) is 0 Å². The van der Waals surface area contributed by atoms with Crippen molar-refractivity contribution in [2.45, 2.75) is 13.0 Å². The van der Waals surface area contributed by atoms with Crippen molar-refractivity contribution in [1.29, 1.82) is 0 Å². The SMILES string of the molecule is Oc1ccc2c(c1F)CCNC2. The minimum atomic E-state index is -0.450. The minimum Gasteiger partial charge on any atom is -0.505 e. The summed E-state index contributed by atoms with van der Waals surface area (Å²) in [6.45, 7) is 1.49. The Balaban J connectivity index is 2.54. The van der Waals surface area contributed by atoms with Crippen molar-refractivity contribution in [3.63, 3.8) is 0 Å². The minimum absolute atomic E-state index is 0.240. The fourth-order valence-electron chi connectivity index (χ4n) is 1.52. The smallest absolute Gasteiger partial charge is 0.168 e. The molecule has 0 spiro atoms. The number of halogens is 1. The Bertz CT molecular complexity index is 312. The Morgan fingerprint density at radius 3 is 3.08 bits per heavy atom. The molecule has 1 aliphatic rings. The zero-order valence-corrected chi connectivity index (χ0v) is 6.60. The van der Waals surface area contributed by atoms with Gasteiger partial charge in [-0.2, -0.15) is 0 Å². The molecule has 64 valence electrons. The average molecular weight is 167 g/mol. The summed E-state index contributed by atoms with van der Waals surface area (Å²) in [6.07, 6.45) is 0.662. The number of hydrogen-bond acceptors (Lipinski definition) is 2. The number of benzene rings is 1. The second kappa shape index (κ2) is 2.75. The summed E-state index contributed by atoms with van der Waals surface area (Å²) in [4.78, 5) is 0. The average Bonchev–Trinajstić information content (AvgIpc) is 2.12. The molecule has 2 N–H and O–H groups in total. The van der Waals surface area contributed by atoms with Crippen LogP contribution in [-0.2, 0) is 13.0 Å². The summed E-state index contributed by atoms with van der Waals surface area (Å²) in [7, 11) is 0. The van der Waals surface area contributed by atoms with Gasteiger partial charge in [-0.1, -0.05) is 6.07 Å². The van der Waals surface area contributed by atoms with E-state index in [0.717, 1.165) is 12.1 Å². The molecular weight excluding hydrogens is 157 g/mol. The van der Waals surface area contributed by atoms with Crippen molar-refractivity contribution in [3.8, 4) is 5.75 Å². The van der Waals surface area contributed by atoms with Crippen LogP contribution >= 0.6 is 0 Å². The fourth-order valence-corrected chi connectivity index (χ4v) is 1.52. The summed E-state index contributed by atoms with van der Waals surface area (Å²) in [5, 5.41) is 12.2. The molecule has 0 aliphatic carbocycles. The van der Waals surface area contributed by atoms with Gasteiger partial charge >= 0.3 is 0 Å². The molecule has 1 aromatic rings. The van der Waals surface area contributed by atoms with E-state index in [1.54, 1.807) is 6.07 Å². The lowest BCUT2D eigenvalue weighted by Gasteiger charge is -2.17. The van der Waals surface area contributed by atoms with Gasteiger partial charge in [0.15, 0.2) is 11.6 Å². The van der Waals surface area contributed by atoms with Gasteiger partial charge in [-0.05, 0) is 30.2 Å². The lowest BCUT2D eigenvalue weighted by Crippen LogP contribution is -2.24. The number of nitrogens with one attached hydrogen (secondary N) is 1. The summed E-state index contributed by atoms with van der Waals surface area (Å²) < 4.78 is 13.2. The van der Waals surface area contributed by atoms with E-state index in [2.05, 4.69) is 5.32 Å². The molecule has 3 heteroatoms. The number of rotatable bonds is 0. The Morgan fingerprint density at radius 2 is 2.25 bits per heavy atom. The van der Waals surface area contributed by atoms with E-state index in [9.17, 15) is 4.39 Å². The largest absolute Gasteiger partial charge is 0.505 e. The first-order valence-corrected chi connectivity index (χ1v) is 3.99. The fraction of sp³-hybridized carbons (Fsp3) is 0.333. The summed E-state index contributed by atoms with van der Waals surface area (Å²) in [5.41, 5.74) is 1.62. The van der Waals surface area contributed by atoms with Gasteiger partial charge in [0.2, 0.25) is 0 Å². The van der Waals surface area contributed by atoms with E-state index < -0.39 is 5.82 Å². The molecule has 2 rings (SSSR count). The molecule has 0 bridgehead atoms. The van der Waals surface area contributed by atoms with Crippen LogP contribution in [0.1, 0.15) is 11.1 Å². The van der Waals surface area contributed by atoms with Gasteiger partial charge in [-0.3, -0.25) is 0 Å². The molecule has 0 amide bonds. The maximum Gasteiger partial charge on any atom is 0.168 e. The van der Waals surface area contributed by atoms with Crippen molar-refractivity contribution in [2.75, 3.05) is 6.54 Å². The molecule has 0 atom stereocenters. The van der Waals surface area contributed by atoms with Crippen molar-refractivity contribution >= 4 is 0 Å². The van der Waals surface area contributed by atoms with Gasteiger partial charge in [0.05, 0.1) is 0 Å². The number of fused-ring (bicyclic) bond motifs is 1. The summed E-state index contributed by atoms with van der Waals surface area (Å²) in [6, 6.07) is 3.17. The molecule has 1 aliphatic heterocycles. The van der Waals surface area contributed by atoms with Gasteiger partial charge in [0.25, 0.3) is 0 Å². The van der Waals surface area contributed by atoms with Crippen LogP contribution in [0.25, 0.3) is 0 Å². The Morgan fingerprint density at radius 1 is 1.42 bits per heavy atom. The van der Waals surface area contributed by atoms with Crippen LogP contribution < -0.4 is 5.32 Å². The third-order valence-corrected chi connectivity index (χ3v) is 2.19. The normalized spacial score (nSPS) is 15.8. The Labute approximate surface area is 70.0 Å². The van der Waals surface area contributed by atoms with Crippen LogP contribution in [0, 0.1) is 5.82 Å². The standard InChI is InChI=1S/C9H10FNO/c10-9-7-3-4-11-5-6(7)1-2-8(9)12/h1-2,11-12H,3-5H2. The van der Waals surface area contributed by atoms with Crippen molar-refractivity contribution in [2.24, 2.45) is 0 Å². The molecule has 2 nitrogen and oxygen atoms in total. The van der Waals surface area contributed by atoms with E-state index in [0.29, 0.717) is 18.5 Å². The lowest BCUT2D eigenvalue weighted by atomic mass is 10.0. The van der Waals surface area contributed by atoms with E-state index in [-0.39, 0.29) is 5.75 Å². The molecule has 1 aromatic carbocycles. The Hall–Kier alpha value is -1.09. The van der Waals surface area contributed by atoms with Crippen LogP contribution in [0.5, 0.6) is 5.75 Å². The second-order valence-electron chi connectivity index (χ2n) is 2.96. The highest BCUT2D eigenvalue weighted by Gasteiger charge is 2.15. The zero-order chi connectivity index (χ0) is 8.55. The molecule has 12 heavy (non-hydrogen) atoms. The second-order valence-corrected chi connectivity index (χ2v) is 2.96. The number of phenols is 1. The van der Waals surface area contributed by atoms with Gasteiger partial charge in [-0.15, -0.1) is 0 Å². The predicted octanol–water partition coefficient (Wildman–Crippen LogP) is 1.18. The molecule has 0 radical (unpaired) electrons. The van der Waals surface area contributed by atoms with Gasteiger partial charge in [-0.25, -0.2) is 4.39 Å². The highest BCUT2D eigenvalue weighted by atomic mass is 19.1. The predicted molar refractivity (Wildman–Crippen MR) is 43.5 cm³/mol. The van der Waals surface area contributed by atoms with Crippen LogP contribution in [-0.4, -0.2) is 11.7 Å². The van der Waals surface area contributed by atoms with Gasteiger partial charge in [0, 0.05) is 6.54 Å². The first-order valence-electron chi connectivity index (χ1n) is 3.99. The summed E-state index contributed by atoms with van der Waals surface area (Å²) >= 11 is 0. The molecule has 1 heterocycles. The lowest BCUT2D eigenvalue weighted by molar-refractivity contribution is 0.424. The van der Waals surface area contributed by atoms with Crippen LogP contribution in [0.15, 0.2) is 12.1 Å². The third kappa shape index (κ3) is 1.06. The first-order chi connectivity index (χ1) is 5.79. The molecular formula is C9H10FNO. The van der Waals surface area contributed by atoms with Crippen molar-refractivity contribution in [3.05, 3.63) is 29.1 Å². The van der Waals surface area contributed by atoms with E-state index in [1.807, 2.05) is 0 Å². The molecule has 0 saturated carbocycles. The van der Waals surface area contributed by atoms with Gasteiger partial charge < -0.3 is 10.4 Å². The van der Waals surface area contributed by atoms with E-state index in [1.165, 1.54) is 6.07 Å². The maximum atomic E-state index is 13.2. The summed E-state index contributed by atoms with van der Waals surface area (Å²) in [5.74, 6) is -0.690. The highest BCUT2D eigenvalue weighted by Crippen LogP contribution is 2.24. The number of phenolic OH excluding ortho intramolecular Hbond substituents is 1. The molecule has 0 unspecified atom stereocenters. The van der Waals surface area contributed by atoms with Crippen molar-refractivity contribution < 1.29 is 9.50 Å². The zero-order valence-electron chi connectivity index (χ0n) is 6.60. The van der Waals surface area contributed by atoms with Crippen LogP contribution in [0.2, 0.25) is 0 Å². The van der Waals surface area contributed by atoms with Crippen LogP contribution in [0.4, 0.5) is 4.39 Å². The number of aromatic hydroxyl groups is 1. The quantitative estimate of drug-likeness (QED) is 0.608. The topological polar surface area (TPSA) is 32.3 Å². The number of hydrogen-bond donors (Lipinski definition) is 2. The third-order valence-electron chi connectivity index (χ3n) is 2.19. The monoisotopic (exact) mass is 167 g/mol. The first kappa shape index (κ1) is 7.55. The molecule has 0 aromatic heterocycles. The van der Waals surface area contributed by atoms with Crippen LogP contribution in [0.3, 0.4) is 0 Å². The van der Waals surface area contributed by atoms with Crippen molar-refractivity contribution in [1.82, 2.24) is 5.32 Å². The van der Waals surface area contributed by atoms with E-state index >= 15 is 0 Å². The molecule has 0 fully saturated rings. The maximum absolute atomic E-state index is 13.2. The Kier molecular flexibility index (Phi) is 1.73.